The normalized spacial score (nSPS) is 18.0. The van der Waals surface area contributed by atoms with Crippen LogP contribution in [0.15, 0.2) is 0 Å². The summed E-state index contributed by atoms with van der Waals surface area (Å²) in [7, 11) is 1.69. The summed E-state index contributed by atoms with van der Waals surface area (Å²) in [5.74, 6) is 0.897. The molecule has 0 spiro atoms. The van der Waals surface area contributed by atoms with Crippen molar-refractivity contribution in [2.24, 2.45) is 5.92 Å². The number of likely N-dealkylation sites (N-methyl/N-ethyl adjacent to an activating group) is 1. The largest absolute Gasteiger partial charge is 0.390 e. The van der Waals surface area contributed by atoms with E-state index in [1.165, 1.54) is 12.8 Å². The Hall–Kier alpha value is -0.160. The first-order chi connectivity index (χ1) is 7.76. The van der Waals surface area contributed by atoms with Crippen molar-refractivity contribution in [3.8, 4) is 0 Å². The average molecular weight is 230 g/mol. The molecule has 2 N–H and O–H groups in total. The van der Waals surface area contributed by atoms with Gasteiger partial charge in [0.2, 0.25) is 0 Å². The molecular formula is C12H26N2O2. The summed E-state index contributed by atoms with van der Waals surface area (Å²) in [6.07, 6.45) is 2.48. The van der Waals surface area contributed by atoms with Crippen molar-refractivity contribution >= 4 is 0 Å². The molecule has 1 atom stereocenters. The molecule has 0 bridgehead atoms. The summed E-state index contributed by atoms with van der Waals surface area (Å²) in [4.78, 5) is 2.35. The fourth-order valence-corrected chi connectivity index (χ4v) is 1.80. The van der Waals surface area contributed by atoms with Crippen molar-refractivity contribution in [1.82, 2.24) is 10.2 Å². The van der Waals surface area contributed by atoms with Crippen LogP contribution in [-0.2, 0) is 4.74 Å². The van der Waals surface area contributed by atoms with E-state index in [0.717, 1.165) is 32.1 Å². The van der Waals surface area contributed by atoms with Gasteiger partial charge in [0.05, 0.1) is 12.7 Å². The summed E-state index contributed by atoms with van der Waals surface area (Å²) in [6.45, 7) is 7.30. The van der Waals surface area contributed by atoms with Crippen LogP contribution in [0, 0.1) is 5.92 Å². The average Bonchev–Trinajstić information content (AvgIpc) is 3.07. The van der Waals surface area contributed by atoms with E-state index in [2.05, 4.69) is 17.1 Å². The van der Waals surface area contributed by atoms with Gasteiger partial charge in [0, 0.05) is 33.3 Å². The first-order valence-corrected chi connectivity index (χ1v) is 6.36. The second-order valence-electron chi connectivity index (χ2n) is 4.65. The van der Waals surface area contributed by atoms with E-state index in [0.29, 0.717) is 13.2 Å². The van der Waals surface area contributed by atoms with Crippen LogP contribution in [0.1, 0.15) is 19.8 Å². The number of aliphatic hydroxyl groups excluding tert-OH is 1. The second kappa shape index (κ2) is 8.01. The minimum Gasteiger partial charge on any atom is -0.390 e. The van der Waals surface area contributed by atoms with Gasteiger partial charge < -0.3 is 20.1 Å². The van der Waals surface area contributed by atoms with E-state index in [9.17, 15) is 5.11 Å². The number of methoxy groups -OCH3 is 1. The number of hydrogen-bond donors (Lipinski definition) is 2. The van der Waals surface area contributed by atoms with Crippen LogP contribution in [0.2, 0.25) is 0 Å². The van der Waals surface area contributed by atoms with E-state index in [1.54, 1.807) is 7.11 Å². The summed E-state index contributed by atoms with van der Waals surface area (Å²) in [6, 6.07) is 0. The molecule has 1 saturated carbocycles. The highest BCUT2D eigenvalue weighted by Gasteiger charge is 2.24. The molecule has 96 valence electrons. The van der Waals surface area contributed by atoms with Crippen molar-refractivity contribution in [2.75, 3.05) is 46.4 Å². The highest BCUT2D eigenvalue weighted by atomic mass is 16.5. The molecule has 16 heavy (non-hydrogen) atoms. The van der Waals surface area contributed by atoms with Crippen molar-refractivity contribution in [1.29, 1.82) is 0 Å². The molecule has 1 fully saturated rings. The van der Waals surface area contributed by atoms with E-state index < -0.39 is 0 Å². The molecule has 0 amide bonds. The van der Waals surface area contributed by atoms with Crippen molar-refractivity contribution in [3.05, 3.63) is 0 Å². The predicted octanol–water partition coefficient (Wildman–Crippen LogP) is 0.315. The summed E-state index contributed by atoms with van der Waals surface area (Å²) in [5, 5.41) is 13.0. The third-order valence-electron chi connectivity index (χ3n) is 2.99. The Morgan fingerprint density at radius 1 is 1.50 bits per heavy atom. The van der Waals surface area contributed by atoms with Crippen LogP contribution in [0.4, 0.5) is 0 Å². The van der Waals surface area contributed by atoms with Gasteiger partial charge in [-0.05, 0) is 25.3 Å². The zero-order valence-corrected chi connectivity index (χ0v) is 10.6. The first-order valence-electron chi connectivity index (χ1n) is 6.36. The Kier molecular flexibility index (Phi) is 6.96. The third kappa shape index (κ3) is 6.43. The van der Waals surface area contributed by atoms with Gasteiger partial charge in [0.15, 0.2) is 0 Å². The quantitative estimate of drug-likeness (QED) is 0.530. The highest BCUT2D eigenvalue weighted by Crippen LogP contribution is 2.29. The molecule has 1 aliphatic carbocycles. The van der Waals surface area contributed by atoms with Gasteiger partial charge in [0.25, 0.3) is 0 Å². The zero-order chi connectivity index (χ0) is 11.8. The van der Waals surface area contributed by atoms with Crippen LogP contribution >= 0.6 is 0 Å². The van der Waals surface area contributed by atoms with Crippen LogP contribution in [0.25, 0.3) is 0 Å². The Morgan fingerprint density at radius 3 is 2.81 bits per heavy atom. The van der Waals surface area contributed by atoms with Gasteiger partial charge in [-0.25, -0.2) is 0 Å². The topological polar surface area (TPSA) is 44.7 Å². The maximum atomic E-state index is 9.84. The van der Waals surface area contributed by atoms with E-state index >= 15 is 0 Å². The molecule has 1 unspecified atom stereocenters. The molecule has 0 radical (unpaired) electrons. The maximum Gasteiger partial charge on any atom is 0.0791 e. The summed E-state index contributed by atoms with van der Waals surface area (Å²) < 4.78 is 4.93. The fourth-order valence-electron chi connectivity index (χ4n) is 1.80. The number of rotatable bonds is 10. The molecular weight excluding hydrogens is 204 g/mol. The molecule has 1 aliphatic rings. The monoisotopic (exact) mass is 230 g/mol. The smallest absolute Gasteiger partial charge is 0.0791 e. The van der Waals surface area contributed by atoms with E-state index in [4.69, 9.17) is 4.74 Å². The van der Waals surface area contributed by atoms with Gasteiger partial charge in [-0.2, -0.15) is 0 Å². The van der Waals surface area contributed by atoms with Crippen molar-refractivity contribution in [2.45, 2.75) is 25.9 Å². The van der Waals surface area contributed by atoms with Crippen LogP contribution in [0.5, 0.6) is 0 Å². The number of nitrogens with one attached hydrogen (secondary N) is 1. The van der Waals surface area contributed by atoms with Gasteiger partial charge >= 0.3 is 0 Å². The lowest BCUT2D eigenvalue weighted by Crippen LogP contribution is -2.39. The van der Waals surface area contributed by atoms with Crippen LogP contribution in [0.3, 0.4) is 0 Å². The maximum absolute atomic E-state index is 9.84. The summed E-state index contributed by atoms with van der Waals surface area (Å²) in [5.41, 5.74) is 0. The molecule has 4 heteroatoms. The second-order valence-corrected chi connectivity index (χ2v) is 4.65. The molecule has 0 aromatic heterocycles. The molecule has 0 aromatic carbocycles. The summed E-state index contributed by atoms with van der Waals surface area (Å²) >= 11 is 0. The van der Waals surface area contributed by atoms with Crippen molar-refractivity contribution in [3.63, 3.8) is 0 Å². The Balaban J connectivity index is 2.02. The molecule has 0 aromatic rings. The van der Waals surface area contributed by atoms with Gasteiger partial charge in [0.1, 0.15) is 0 Å². The number of aliphatic hydroxyl groups is 1. The number of ether oxygens (including phenoxy) is 1. The number of nitrogens with zero attached hydrogens (tertiary/aromatic N) is 1. The van der Waals surface area contributed by atoms with Crippen molar-refractivity contribution < 1.29 is 9.84 Å². The minimum absolute atomic E-state index is 0.268. The molecule has 4 nitrogen and oxygen atoms in total. The minimum atomic E-state index is -0.268. The van der Waals surface area contributed by atoms with E-state index in [1.807, 2.05) is 0 Å². The number of hydrogen-bond acceptors (Lipinski definition) is 4. The SMILES string of the molecule is CCN(CC(O)CNCCOC)CC1CC1. The van der Waals surface area contributed by atoms with Gasteiger partial charge in [-0.1, -0.05) is 6.92 Å². The lowest BCUT2D eigenvalue weighted by Gasteiger charge is -2.23. The lowest BCUT2D eigenvalue weighted by molar-refractivity contribution is 0.108. The van der Waals surface area contributed by atoms with E-state index in [-0.39, 0.29) is 6.10 Å². The standard InChI is InChI=1S/C12H26N2O2/c1-3-14(9-11-4-5-11)10-12(15)8-13-6-7-16-2/h11-13,15H,3-10H2,1-2H3. The van der Waals surface area contributed by atoms with Crippen LogP contribution < -0.4 is 5.32 Å². The van der Waals surface area contributed by atoms with Crippen LogP contribution in [-0.4, -0.2) is 62.6 Å². The highest BCUT2D eigenvalue weighted by molar-refractivity contribution is 4.78. The Morgan fingerprint density at radius 2 is 2.25 bits per heavy atom. The molecule has 0 heterocycles. The molecule has 1 rings (SSSR count). The Bertz CT molecular complexity index is 174. The zero-order valence-electron chi connectivity index (χ0n) is 10.6. The lowest BCUT2D eigenvalue weighted by atomic mass is 10.3. The predicted molar refractivity (Wildman–Crippen MR) is 65.6 cm³/mol. The van der Waals surface area contributed by atoms with Gasteiger partial charge in [-0.3, -0.25) is 0 Å². The molecule has 0 aliphatic heterocycles. The fraction of sp³-hybridized carbons (Fsp3) is 1.00. The first kappa shape index (κ1) is 13.9. The molecule has 0 saturated heterocycles. The third-order valence-corrected chi connectivity index (χ3v) is 2.99. The van der Waals surface area contributed by atoms with Gasteiger partial charge in [-0.15, -0.1) is 0 Å². The Labute approximate surface area is 99.0 Å².